The number of hydrogen-bond donors (Lipinski definition) is 1. The summed E-state index contributed by atoms with van der Waals surface area (Å²) in [4.78, 5) is 0. The molecular weight excluding hydrogens is 270 g/mol. The van der Waals surface area contributed by atoms with Crippen molar-refractivity contribution >= 4 is 22.6 Å². The largest absolute Gasteiger partial charge is 0.459 e. The summed E-state index contributed by atoms with van der Waals surface area (Å²) in [7, 11) is 0. The maximum absolute atomic E-state index is 5.97. The normalized spacial score (nSPS) is 12.7. The highest BCUT2D eigenvalue weighted by Crippen LogP contribution is 2.28. The molecule has 1 atom stereocenters. The predicted octanol–water partition coefficient (Wildman–Crippen LogP) is 4.79. The van der Waals surface area contributed by atoms with Gasteiger partial charge in [-0.15, -0.1) is 0 Å². The van der Waals surface area contributed by atoms with Crippen molar-refractivity contribution in [3.05, 3.63) is 70.9 Å². The van der Waals surface area contributed by atoms with Gasteiger partial charge in [0.25, 0.3) is 0 Å². The molecule has 1 N–H and O–H groups in total. The molecule has 0 saturated carbocycles. The second-order valence-electron chi connectivity index (χ2n) is 4.73. The van der Waals surface area contributed by atoms with E-state index in [2.05, 4.69) is 24.4 Å². The Hall–Kier alpha value is -1.77. The highest BCUT2D eigenvalue weighted by atomic mass is 35.5. The molecule has 3 heteroatoms. The minimum atomic E-state index is 0.0460. The number of para-hydroxylation sites is 1. The highest BCUT2D eigenvalue weighted by Gasteiger charge is 2.17. The van der Waals surface area contributed by atoms with Gasteiger partial charge in [-0.05, 0) is 36.4 Å². The van der Waals surface area contributed by atoms with Crippen LogP contribution in [0.25, 0.3) is 11.0 Å². The molecule has 2 aromatic carbocycles. The van der Waals surface area contributed by atoms with Gasteiger partial charge in [0, 0.05) is 10.4 Å². The van der Waals surface area contributed by atoms with E-state index in [9.17, 15) is 0 Å². The van der Waals surface area contributed by atoms with Crippen LogP contribution >= 0.6 is 11.6 Å². The average Bonchev–Trinajstić information content (AvgIpc) is 2.89. The third kappa shape index (κ3) is 2.58. The fraction of sp³-hybridized carbons (Fsp3) is 0.176. The van der Waals surface area contributed by atoms with Gasteiger partial charge >= 0.3 is 0 Å². The third-order valence-corrected chi connectivity index (χ3v) is 3.59. The van der Waals surface area contributed by atoms with Crippen LogP contribution < -0.4 is 5.32 Å². The number of fused-ring (bicyclic) bond motifs is 1. The fourth-order valence-electron chi connectivity index (χ4n) is 2.39. The van der Waals surface area contributed by atoms with Crippen LogP contribution in [0.2, 0.25) is 5.02 Å². The van der Waals surface area contributed by atoms with Gasteiger partial charge in [0.1, 0.15) is 11.3 Å². The monoisotopic (exact) mass is 285 g/mol. The molecule has 0 saturated heterocycles. The zero-order valence-electron chi connectivity index (χ0n) is 11.3. The van der Waals surface area contributed by atoms with Gasteiger partial charge < -0.3 is 9.73 Å². The Kier molecular flexibility index (Phi) is 3.77. The zero-order valence-corrected chi connectivity index (χ0v) is 12.0. The number of nitrogens with one attached hydrogen (secondary N) is 1. The van der Waals surface area contributed by atoms with Crippen molar-refractivity contribution in [1.82, 2.24) is 5.32 Å². The standard InChI is InChI=1S/C17H16ClNO/c1-2-19-17(12-7-9-14(18)10-8-12)16-11-13-5-3-4-6-15(13)20-16/h3-11,17,19H,2H2,1H3. The van der Waals surface area contributed by atoms with Gasteiger partial charge in [0.15, 0.2) is 0 Å². The molecule has 20 heavy (non-hydrogen) atoms. The summed E-state index contributed by atoms with van der Waals surface area (Å²) in [6, 6.07) is 18.1. The molecule has 1 unspecified atom stereocenters. The topological polar surface area (TPSA) is 25.2 Å². The summed E-state index contributed by atoms with van der Waals surface area (Å²) in [6.45, 7) is 2.95. The van der Waals surface area contributed by atoms with E-state index in [-0.39, 0.29) is 6.04 Å². The maximum atomic E-state index is 5.97. The summed E-state index contributed by atoms with van der Waals surface area (Å²) >= 11 is 5.96. The Morgan fingerprint density at radius 3 is 2.55 bits per heavy atom. The van der Waals surface area contributed by atoms with Crippen LogP contribution in [0.5, 0.6) is 0 Å². The second kappa shape index (κ2) is 5.70. The van der Waals surface area contributed by atoms with Crippen LogP contribution in [0.3, 0.4) is 0 Å². The molecule has 0 amide bonds. The van der Waals surface area contributed by atoms with Gasteiger partial charge in [-0.1, -0.05) is 48.9 Å². The quantitative estimate of drug-likeness (QED) is 0.746. The molecule has 1 aromatic heterocycles. The first-order valence-electron chi connectivity index (χ1n) is 6.75. The lowest BCUT2D eigenvalue weighted by Gasteiger charge is -2.15. The number of rotatable bonds is 4. The van der Waals surface area contributed by atoms with E-state index in [0.29, 0.717) is 0 Å². The first-order valence-corrected chi connectivity index (χ1v) is 7.13. The first kappa shape index (κ1) is 13.2. The average molecular weight is 286 g/mol. The molecule has 102 valence electrons. The molecule has 0 aliphatic carbocycles. The highest BCUT2D eigenvalue weighted by molar-refractivity contribution is 6.30. The zero-order chi connectivity index (χ0) is 13.9. The van der Waals surface area contributed by atoms with E-state index in [0.717, 1.165) is 33.9 Å². The maximum Gasteiger partial charge on any atom is 0.134 e. The number of hydrogen-bond acceptors (Lipinski definition) is 2. The summed E-state index contributed by atoms with van der Waals surface area (Å²) < 4.78 is 5.97. The molecule has 3 aromatic rings. The number of furan rings is 1. The molecule has 1 heterocycles. The van der Waals surface area contributed by atoms with Crippen molar-refractivity contribution in [2.75, 3.05) is 6.54 Å². The van der Waals surface area contributed by atoms with E-state index < -0.39 is 0 Å². The van der Waals surface area contributed by atoms with Gasteiger partial charge in [-0.25, -0.2) is 0 Å². The predicted molar refractivity (Wildman–Crippen MR) is 83.2 cm³/mol. The van der Waals surface area contributed by atoms with Gasteiger partial charge in [-0.3, -0.25) is 0 Å². The number of benzene rings is 2. The minimum absolute atomic E-state index is 0.0460. The molecule has 0 aliphatic heterocycles. The summed E-state index contributed by atoms with van der Waals surface area (Å²) in [5.74, 6) is 0.926. The molecule has 0 fully saturated rings. The summed E-state index contributed by atoms with van der Waals surface area (Å²) in [5.41, 5.74) is 2.06. The van der Waals surface area contributed by atoms with Gasteiger partial charge in [0.05, 0.1) is 6.04 Å². The van der Waals surface area contributed by atoms with Crippen LogP contribution in [0.4, 0.5) is 0 Å². The van der Waals surface area contributed by atoms with Crippen molar-refractivity contribution in [2.45, 2.75) is 13.0 Å². The van der Waals surface area contributed by atoms with Crippen LogP contribution in [0, 0.1) is 0 Å². The molecule has 0 spiro atoms. The van der Waals surface area contributed by atoms with Crippen LogP contribution in [-0.4, -0.2) is 6.54 Å². The minimum Gasteiger partial charge on any atom is -0.459 e. The van der Waals surface area contributed by atoms with Gasteiger partial charge in [0.2, 0.25) is 0 Å². The van der Waals surface area contributed by atoms with Crippen molar-refractivity contribution in [3.63, 3.8) is 0 Å². The Labute approximate surface area is 123 Å². The summed E-state index contributed by atoms with van der Waals surface area (Å²) in [5, 5.41) is 5.33. The molecule has 3 rings (SSSR count). The lowest BCUT2D eigenvalue weighted by atomic mass is 10.0. The van der Waals surface area contributed by atoms with E-state index in [1.54, 1.807) is 0 Å². The molecule has 0 aliphatic rings. The van der Waals surface area contributed by atoms with E-state index in [1.165, 1.54) is 0 Å². The lowest BCUT2D eigenvalue weighted by Crippen LogP contribution is -2.21. The van der Waals surface area contributed by atoms with Crippen molar-refractivity contribution in [1.29, 1.82) is 0 Å². The molecule has 0 bridgehead atoms. The number of halogens is 1. The van der Waals surface area contributed by atoms with Crippen molar-refractivity contribution in [2.24, 2.45) is 0 Å². The third-order valence-electron chi connectivity index (χ3n) is 3.34. The Balaban J connectivity index is 2.03. The van der Waals surface area contributed by atoms with Crippen LogP contribution in [0.1, 0.15) is 24.3 Å². The first-order chi connectivity index (χ1) is 9.78. The summed E-state index contributed by atoms with van der Waals surface area (Å²) in [6.07, 6.45) is 0. The Bertz CT molecular complexity index is 669. The van der Waals surface area contributed by atoms with Crippen molar-refractivity contribution < 1.29 is 4.42 Å². The van der Waals surface area contributed by atoms with E-state index in [1.807, 2.05) is 42.5 Å². The molecular formula is C17H16ClNO. The molecule has 2 nitrogen and oxygen atoms in total. The van der Waals surface area contributed by atoms with E-state index in [4.69, 9.17) is 16.0 Å². The smallest absolute Gasteiger partial charge is 0.134 e. The molecule has 0 radical (unpaired) electrons. The lowest BCUT2D eigenvalue weighted by molar-refractivity contribution is 0.477. The SMILES string of the molecule is CCNC(c1ccc(Cl)cc1)c1cc2ccccc2o1. The second-order valence-corrected chi connectivity index (χ2v) is 5.17. The Morgan fingerprint density at radius 1 is 1.10 bits per heavy atom. The van der Waals surface area contributed by atoms with Gasteiger partial charge in [-0.2, -0.15) is 0 Å². The van der Waals surface area contributed by atoms with E-state index >= 15 is 0 Å². The van der Waals surface area contributed by atoms with Crippen molar-refractivity contribution in [3.8, 4) is 0 Å². The van der Waals surface area contributed by atoms with Crippen LogP contribution in [0.15, 0.2) is 59.0 Å². The van der Waals surface area contributed by atoms with Crippen LogP contribution in [-0.2, 0) is 0 Å². The fourth-order valence-corrected chi connectivity index (χ4v) is 2.51. The Morgan fingerprint density at radius 2 is 1.85 bits per heavy atom.